The average Bonchev–Trinajstić information content (AvgIpc) is 3.54. The molecule has 1 aliphatic carbocycles. The Morgan fingerprint density at radius 2 is 1.56 bits per heavy atom. The molecule has 4 nitrogen and oxygen atoms in total. The Kier molecular flexibility index (Phi) is 9.90. The number of thioether (sulfide) groups is 1. The zero-order valence-electron chi connectivity index (χ0n) is 22.5. The van der Waals surface area contributed by atoms with E-state index in [1.807, 2.05) is 0 Å². The molecule has 0 spiro atoms. The van der Waals surface area contributed by atoms with E-state index in [9.17, 15) is 45.1 Å². The molecule has 1 amide bonds. The number of Topliss-reactive ketones (excluding diaryl/α,β-unsaturated/α-hetero) is 2. The van der Waals surface area contributed by atoms with Crippen LogP contribution in [0.4, 0.5) is 40.8 Å². The number of carbonyl (C=O) groups excluding carboxylic acids is 3. The van der Waals surface area contributed by atoms with E-state index < -0.39 is 92.1 Å². The molecule has 240 valence electrons. The number of nitrogens with one attached hydrogen (secondary N) is 1. The molecular weight excluding hydrogens is 701 g/mol. The fraction of sp³-hybridized carbons (Fsp3) is 0.276. The smallest absolute Gasteiger partial charge is 0.326 e. The third kappa shape index (κ3) is 7.26. The summed E-state index contributed by atoms with van der Waals surface area (Å²) in [6.45, 7) is 0. The molecule has 0 bridgehead atoms. The standard InChI is InChI=1S/C29H18Cl3F8NO3S/c1-45-29(39,40)22(43)11-16-19(33)6-3-13(25(16)35)9-21(42)15-10-14(4-5-18(15)30)41-26(44)24-23(27(24,31)32)12-2-7-20(34)17(8-12)28(36,37)38/h2-8,10,23-24H,9,11H2,1H3,(H,41,44)/t23-,24+/m0/s1. The first-order valence-electron chi connectivity index (χ1n) is 12.6. The number of halogens is 11. The number of alkyl halides is 7. The molecule has 0 unspecified atom stereocenters. The van der Waals surface area contributed by atoms with Crippen LogP contribution < -0.4 is 5.32 Å². The van der Waals surface area contributed by atoms with Gasteiger partial charge in [0, 0.05) is 35.6 Å². The highest BCUT2D eigenvalue weighted by molar-refractivity contribution is 8.00. The van der Waals surface area contributed by atoms with Crippen molar-refractivity contribution < 1.29 is 49.5 Å². The number of carbonyl (C=O) groups is 3. The fourth-order valence-corrected chi connectivity index (χ4v) is 6.00. The number of hydrogen-bond donors (Lipinski definition) is 1. The fourth-order valence-electron chi connectivity index (χ4n) is 4.65. The SMILES string of the molecule is CSC(F)(F)C(=O)Cc1c(F)ccc(CC(=O)c2cc(NC(=O)[C@H]3[C@H](c4ccc(F)c(C(F)(F)F)c4)C3(Cl)Cl)ccc2Cl)c1F. The maximum Gasteiger partial charge on any atom is 0.419 e. The topological polar surface area (TPSA) is 63.2 Å². The van der Waals surface area contributed by atoms with Crippen molar-refractivity contribution in [2.24, 2.45) is 5.92 Å². The van der Waals surface area contributed by atoms with Crippen molar-refractivity contribution in [2.45, 2.75) is 34.5 Å². The lowest BCUT2D eigenvalue weighted by molar-refractivity contribution is -0.140. The maximum absolute atomic E-state index is 15.1. The molecule has 0 radical (unpaired) electrons. The zero-order valence-corrected chi connectivity index (χ0v) is 25.6. The van der Waals surface area contributed by atoms with Gasteiger partial charge in [0.05, 0.1) is 16.5 Å². The summed E-state index contributed by atoms with van der Waals surface area (Å²) in [4.78, 5) is 37.9. The first-order valence-corrected chi connectivity index (χ1v) is 15.0. The molecule has 0 aromatic heterocycles. The van der Waals surface area contributed by atoms with Crippen molar-refractivity contribution in [2.75, 3.05) is 11.6 Å². The molecule has 1 N–H and O–H groups in total. The van der Waals surface area contributed by atoms with Gasteiger partial charge in [0.2, 0.25) is 11.7 Å². The second kappa shape index (κ2) is 12.7. The third-order valence-corrected chi connectivity index (χ3v) is 9.07. The van der Waals surface area contributed by atoms with Gasteiger partial charge >= 0.3 is 11.4 Å². The predicted molar refractivity (Wildman–Crippen MR) is 154 cm³/mol. The first-order chi connectivity index (χ1) is 20.8. The van der Waals surface area contributed by atoms with Crippen molar-refractivity contribution in [3.8, 4) is 0 Å². The van der Waals surface area contributed by atoms with Crippen LogP contribution >= 0.6 is 46.6 Å². The Bertz CT molecular complexity index is 1700. The third-order valence-electron chi connectivity index (χ3n) is 7.06. The van der Waals surface area contributed by atoms with E-state index in [1.54, 1.807) is 0 Å². The highest BCUT2D eigenvalue weighted by Crippen LogP contribution is 2.65. The first kappa shape index (κ1) is 35.0. The molecule has 3 aromatic carbocycles. The molecule has 45 heavy (non-hydrogen) atoms. The van der Waals surface area contributed by atoms with Gasteiger partial charge < -0.3 is 5.32 Å². The van der Waals surface area contributed by atoms with Crippen molar-refractivity contribution in [3.63, 3.8) is 0 Å². The lowest BCUT2D eigenvalue weighted by Gasteiger charge is -2.14. The monoisotopic (exact) mass is 717 g/mol. The minimum Gasteiger partial charge on any atom is -0.326 e. The van der Waals surface area contributed by atoms with E-state index in [2.05, 4.69) is 5.32 Å². The largest absolute Gasteiger partial charge is 0.419 e. The Morgan fingerprint density at radius 3 is 2.18 bits per heavy atom. The molecule has 1 aliphatic rings. The number of amides is 1. The summed E-state index contributed by atoms with van der Waals surface area (Å²) >= 11 is 18.4. The summed E-state index contributed by atoms with van der Waals surface area (Å²) in [5.74, 6) is -10.0. The van der Waals surface area contributed by atoms with E-state index in [4.69, 9.17) is 34.8 Å². The Morgan fingerprint density at radius 1 is 0.911 bits per heavy atom. The van der Waals surface area contributed by atoms with Crippen molar-refractivity contribution in [1.82, 2.24) is 0 Å². The summed E-state index contributed by atoms with van der Waals surface area (Å²) in [6.07, 6.45) is -6.08. The number of anilines is 1. The quantitative estimate of drug-likeness (QED) is 0.129. The van der Waals surface area contributed by atoms with Crippen LogP contribution in [0.5, 0.6) is 0 Å². The summed E-state index contributed by atoms with van der Waals surface area (Å²) in [7, 11) is 0. The second-order valence-electron chi connectivity index (χ2n) is 9.97. The second-order valence-corrected chi connectivity index (χ2v) is 12.7. The highest BCUT2D eigenvalue weighted by Gasteiger charge is 2.67. The molecule has 0 saturated heterocycles. The van der Waals surface area contributed by atoms with Gasteiger partial charge in [0.1, 0.15) is 21.8 Å². The average molecular weight is 719 g/mol. The summed E-state index contributed by atoms with van der Waals surface area (Å²) < 4.78 is 108. The van der Waals surface area contributed by atoms with E-state index >= 15 is 4.39 Å². The van der Waals surface area contributed by atoms with Gasteiger partial charge in [-0.1, -0.05) is 35.5 Å². The van der Waals surface area contributed by atoms with Crippen LogP contribution in [0.15, 0.2) is 48.5 Å². The van der Waals surface area contributed by atoms with Crippen molar-refractivity contribution >= 4 is 69.7 Å². The van der Waals surface area contributed by atoms with Gasteiger partial charge in [-0.05, 0) is 53.8 Å². The minimum atomic E-state index is -5.01. The Labute approximate surface area is 269 Å². The van der Waals surface area contributed by atoms with E-state index in [1.165, 1.54) is 12.1 Å². The zero-order chi connectivity index (χ0) is 33.6. The lowest BCUT2D eigenvalue weighted by atomic mass is 9.98. The van der Waals surface area contributed by atoms with Crippen LogP contribution in [0, 0.1) is 23.4 Å². The number of hydrogen-bond acceptors (Lipinski definition) is 4. The van der Waals surface area contributed by atoms with Gasteiger partial charge in [-0.3, -0.25) is 14.4 Å². The molecule has 0 aliphatic heterocycles. The minimum absolute atomic E-state index is 0.0391. The van der Waals surface area contributed by atoms with E-state index in [0.29, 0.717) is 12.1 Å². The van der Waals surface area contributed by atoms with Crippen LogP contribution in [0.1, 0.15) is 38.5 Å². The normalized spacial score (nSPS) is 17.6. The van der Waals surface area contributed by atoms with Gasteiger partial charge in [-0.2, -0.15) is 22.0 Å². The number of rotatable bonds is 10. The molecule has 2 atom stereocenters. The van der Waals surface area contributed by atoms with Gasteiger partial charge in [0.25, 0.3) is 0 Å². The van der Waals surface area contributed by atoms with Crippen LogP contribution in [0.2, 0.25) is 5.02 Å². The van der Waals surface area contributed by atoms with E-state index in [0.717, 1.165) is 30.5 Å². The van der Waals surface area contributed by atoms with Crippen LogP contribution in [-0.2, 0) is 28.6 Å². The number of benzene rings is 3. The predicted octanol–water partition coefficient (Wildman–Crippen LogP) is 8.79. The highest BCUT2D eigenvalue weighted by atomic mass is 35.5. The summed E-state index contributed by atoms with van der Waals surface area (Å²) in [6, 6.07) is 7.31. The molecule has 1 fully saturated rings. The summed E-state index contributed by atoms with van der Waals surface area (Å²) in [5, 5.41) is -1.61. The molecule has 1 saturated carbocycles. The lowest BCUT2D eigenvalue weighted by Crippen LogP contribution is -2.27. The maximum atomic E-state index is 15.1. The Hall–Kier alpha value is -2.87. The van der Waals surface area contributed by atoms with E-state index in [-0.39, 0.29) is 33.6 Å². The molecule has 4 rings (SSSR count). The molecule has 16 heteroatoms. The van der Waals surface area contributed by atoms with Gasteiger partial charge in [-0.15, -0.1) is 23.2 Å². The van der Waals surface area contributed by atoms with Crippen molar-refractivity contribution in [1.29, 1.82) is 0 Å². The summed E-state index contributed by atoms with van der Waals surface area (Å²) in [5.41, 5.74) is -3.35. The molecular formula is C29H18Cl3F8NO3S. The van der Waals surface area contributed by atoms with Crippen LogP contribution in [0.3, 0.4) is 0 Å². The van der Waals surface area contributed by atoms with Crippen LogP contribution in [0.25, 0.3) is 0 Å². The van der Waals surface area contributed by atoms with Gasteiger partial charge in [0.15, 0.2) is 5.78 Å². The Balaban J connectivity index is 1.53. The van der Waals surface area contributed by atoms with Gasteiger partial charge in [-0.25, -0.2) is 13.2 Å². The molecule has 3 aromatic rings. The molecule has 0 heterocycles. The number of ketones is 2. The van der Waals surface area contributed by atoms with Crippen molar-refractivity contribution in [3.05, 3.63) is 98.8 Å². The van der Waals surface area contributed by atoms with Crippen LogP contribution in [-0.4, -0.2) is 33.3 Å².